The zero-order valence-electron chi connectivity index (χ0n) is 18.0. The van der Waals surface area contributed by atoms with Gasteiger partial charge >= 0.3 is 12.1 Å². The van der Waals surface area contributed by atoms with Gasteiger partial charge in [0.25, 0.3) is 0 Å². The van der Waals surface area contributed by atoms with Gasteiger partial charge in [-0.05, 0) is 35.9 Å². The third kappa shape index (κ3) is 4.27. The lowest BCUT2D eigenvalue weighted by molar-refractivity contribution is -0.147. The number of hydrogen-bond acceptors (Lipinski definition) is 7. The maximum Gasteiger partial charge on any atom is 0.416 e. The maximum absolute atomic E-state index is 13.3. The zero-order chi connectivity index (χ0) is 24.6. The minimum Gasteiger partial charge on any atom is -0.469 e. The number of esters is 1. The van der Waals surface area contributed by atoms with Gasteiger partial charge in [0.2, 0.25) is 0 Å². The van der Waals surface area contributed by atoms with Crippen LogP contribution in [0.4, 0.5) is 18.9 Å². The number of aliphatic hydroxyl groups is 1. The molecule has 1 aliphatic heterocycles. The molecular formula is C24H20F3N3O4. The van der Waals surface area contributed by atoms with Crippen LogP contribution in [0.2, 0.25) is 0 Å². The molecule has 4 rings (SSSR count). The molecule has 2 N–H and O–H groups in total. The second-order valence-corrected chi connectivity index (χ2v) is 8.04. The molecule has 2 aromatic rings. The Kier molecular flexibility index (Phi) is 6.17. The van der Waals surface area contributed by atoms with Gasteiger partial charge in [0.1, 0.15) is 0 Å². The van der Waals surface area contributed by atoms with Gasteiger partial charge in [-0.1, -0.05) is 18.2 Å². The first-order valence-electron chi connectivity index (χ1n) is 10.4. The van der Waals surface area contributed by atoms with E-state index in [-0.39, 0.29) is 35.6 Å². The first-order valence-corrected chi connectivity index (χ1v) is 10.4. The lowest BCUT2D eigenvalue weighted by Gasteiger charge is -2.44. The van der Waals surface area contributed by atoms with E-state index in [1.54, 1.807) is 24.3 Å². The van der Waals surface area contributed by atoms with Crippen molar-refractivity contribution in [1.29, 1.82) is 5.26 Å². The number of carbonyl (C=O) groups is 2. The maximum atomic E-state index is 13.3. The molecule has 1 aliphatic carbocycles. The van der Waals surface area contributed by atoms with Crippen molar-refractivity contribution in [3.05, 3.63) is 76.5 Å². The first kappa shape index (κ1) is 23.5. The van der Waals surface area contributed by atoms with Crippen LogP contribution in [0.3, 0.4) is 0 Å². The van der Waals surface area contributed by atoms with Gasteiger partial charge in [0.05, 0.1) is 36.3 Å². The van der Waals surface area contributed by atoms with Crippen molar-refractivity contribution in [1.82, 2.24) is 5.32 Å². The van der Waals surface area contributed by atoms with Crippen LogP contribution in [-0.2, 0) is 20.5 Å². The van der Waals surface area contributed by atoms with E-state index in [4.69, 9.17) is 10.00 Å². The summed E-state index contributed by atoms with van der Waals surface area (Å²) in [6, 6.07) is 12.0. The van der Waals surface area contributed by atoms with Gasteiger partial charge in [0.15, 0.2) is 12.1 Å². The van der Waals surface area contributed by atoms with Gasteiger partial charge < -0.3 is 14.7 Å². The average Bonchev–Trinajstić information content (AvgIpc) is 2.82. The van der Waals surface area contributed by atoms with Crippen LogP contribution in [0.25, 0.3) is 0 Å². The smallest absolute Gasteiger partial charge is 0.416 e. The number of ether oxygens (including phenoxy) is 1. The fourth-order valence-corrected chi connectivity index (χ4v) is 4.40. The molecule has 0 radical (unpaired) electrons. The Bertz CT molecular complexity index is 1200. The number of nitrogens with one attached hydrogen (secondary N) is 1. The SMILES string of the molecule is COC(=O)C1CC(=O)C2=C(C1)N(c1cccc(C(F)(F)F)c1)C(O)NC2c1ccc(C#N)cc1. The van der Waals surface area contributed by atoms with Crippen molar-refractivity contribution in [2.75, 3.05) is 12.0 Å². The van der Waals surface area contributed by atoms with E-state index in [0.29, 0.717) is 11.1 Å². The molecule has 0 spiro atoms. The van der Waals surface area contributed by atoms with Crippen LogP contribution in [0.1, 0.15) is 35.6 Å². The van der Waals surface area contributed by atoms with E-state index in [9.17, 15) is 27.9 Å². The minimum absolute atomic E-state index is 0.00445. The average molecular weight is 471 g/mol. The molecule has 10 heteroatoms. The lowest BCUT2D eigenvalue weighted by Crippen LogP contribution is -2.54. The van der Waals surface area contributed by atoms with Crippen molar-refractivity contribution in [2.45, 2.75) is 31.4 Å². The summed E-state index contributed by atoms with van der Waals surface area (Å²) in [5, 5.41) is 22.9. The molecule has 34 heavy (non-hydrogen) atoms. The quantitative estimate of drug-likeness (QED) is 0.662. The first-order chi connectivity index (χ1) is 16.1. The monoisotopic (exact) mass is 471 g/mol. The summed E-state index contributed by atoms with van der Waals surface area (Å²) in [7, 11) is 1.19. The molecule has 0 saturated heterocycles. The van der Waals surface area contributed by atoms with Crippen LogP contribution in [0, 0.1) is 17.2 Å². The summed E-state index contributed by atoms with van der Waals surface area (Å²) in [6.45, 7) is 0. The van der Waals surface area contributed by atoms with E-state index in [1.165, 1.54) is 24.1 Å². The molecule has 0 amide bonds. The summed E-state index contributed by atoms with van der Waals surface area (Å²) in [4.78, 5) is 26.7. The summed E-state index contributed by atoms with van der Waals surface area (Å²) in [6.07, 6.45) is -6.24. The molecule has 0 bridgehead atoms. The normalized spacial score (nSPS) is 22.8. The van der Waals surface area contributed by atoms with Crippen molar-refractivity contribution >= 4 is 17.4 Å². The van der Waals surface area contributed by atoms with E-state index < -0.39 is 36.0 Å². The number of anilines is 1. The highest BCUT2D eigenvalue weighted by molar-refractivity contribution is 6.02. The number of ketones is 1. The van der Waals surface area contributed by atoms with Crippen LogP contribution in [0.15, 0.2) is 59.8 Å². The highest BCUT2D eigenvalue weighted by Crippen LogP contribution is 2.43. The molecule has 176 valence electrons. The molecule has 2 aliphatic rings. The molecule has 0 saturated carbocycles. The van der Waals surface area contributed by atoms with Gasteiger partial charge in [-0.2, -0.15) is 18.4 Å². The number of nitrogens with zero attached hydrogens (tertiary/aromatic N) is 2. The van der Waals surface area contributed by atoms with E-state index >= 15 is 0 Å². The molecule has 1 heterocycles. The third-order valence-corrected chi connectivity index (χ3v) is 5.98. The van der Waals surface area contributed by atoms with Crippen LogP contribution < -0.4 is 10.2 Å². The van der Waals surface area contributed by atoms with E-state index in [2.05, 4.69) is 5.32 Å². The highest BCUT2D eigenvalue weighted by Gasteiger charge is 2.44. The Hall–Kier alpha value is -3.68. The number of methoxy groups -OCH3 is 1. The van der Waals surface area contributed by atoms with Crippen molar-refractivity contribution < 1.29 is 32.6 Å². The molecule has 2 aromatic carbocycles. The molecular weight excluding hydrogens is 451 g/mol. The molecule has 0 fully saturated rings. The van der Waals surface area contributed by atoms with Crippen LogP contribution in [-0.4, -0.2) is 30.3 Å². The molecule has 3 atom stereocenters. The standard InChI is InChI=1S/C24H20F3N3O4/c1-34-22(32)15-9-18-20(19(31)10-15)21(14-7-5-13(12-28)6-8-14)29-23(33)30(18)17-4-2-3-16(11-17)24(25,26)27/h2-8,11,15,21,23,29,33H,9-10H2,1H3. The van der Waals surface area contributed by atoms with Gasteiger partial charge in [-0.15, -0.1) is 0 Å². The van der Waals surface area contributed by atoms with Gasteiger partial charge in [0, 0.05) is 29.8 Å². The minimum atomic E-state index is -4.61. The Morgan fingerprint density at radius 2 is 1.91 bits per heavy atom. The Morgan fingerprint density at radius 3 is 2.53 bits per heavy atom. The topological polar surface area (TPSA) is 103 Å². The molecule has 3 unspecified atom stereocenters. The number of nitriles is 1. The largest absolute Gasteiger partial charge is 0.469 e. The van der Waals surface area contributed by atoms with E-state index in [1.807, 2.05) is 6.07 Å². The van der Waals surface area contributed by atoms with Crippen LogP contribution >= 0.6 is 0 Å². The predicted octanol–water partition coefficient (Wildman–Crippen LogP) is 3.41. The fourth-order valence-electron chi connectivity index (χ4n) is 4.40. The second-order valence-electron chi connectivity index (χ2n) is 8.04. The number of alkyl halides is 3. The Morgan fingerprint density at radius 1 is 1.21 bits per heavy atom. The van der Waals surface area contributed by atoms with Crippen LogP contribution in [0.5, 0.6) is 0 Å². The number of halogens is 3. The van der Waals surface area contributed by atoms with E-state index in [0.717, 1.165) is 12.1 Å². The van der Waals surface area contributed by atoms with Crippen molar-refractivity contribution in [3.63, 3.8) is 0 Å². The molecule has 7 nitrogen and oxygen atoms in total. The summed E-state index contributed by atoms with van der Waals surface area (Å²) < 4.78 is 44.8. The van der Waals surface area contributed by atoms with Crippen molar-refractivity contribution in [2.24, 2.45) is 5.92 Å². The number of rotatable bonds is 3. The molecule has 0 aromatic heterocycles. The third-order valence-electron chi connectivity index (χ3n) is 5.98. The number of Topliss-reactive ketones (excluding diaryl/α,β-unsaturated/α-hetero) is 1. The van der Waals surface area contributed by atoms with Gasteiger partial charge in [-0.25, -0.2) is 0 Å². The summed E-state index contributed by atoms with van der Waals surface area (Å²) in [5.74, 6) is -1.84. The number of carbonyl (C=O) groups excluding carboxylic acids is 2. The Labute approximate surface area is 193 Å². The number of allylic oxidation sites excluding steroid dienone is 1. The Balaban J connectivity index is 1.86. The number of aliphatic hydroxyl groups excluding tert-OH is 1. The van der Waals surface area contributed by atoms with Crippen molar-refractivity contribution in [3.8, 4) is 6.07 Å². The summed E-state index contributed by atoms with van der Waals surface area (Å²) >= 11 is 0. The highest BCUT2D eigenvalue weighted by atomic mass is 19.4. The number of hydrogen-bond donors (Lipinski definition) is 2. The lowest BCUT2D eigenvalue weighted by atomic mass is 9.79. The number of benzene rings is 2. The second kappa shape index (κ2) is 8.93. The predicted molar refractivity (Wildman–Crippen MR) is 114 cm³/mol. The fraction of sp³-hybridized carbons (Fsp3) is 0.292. The zero-order valence-corrected chi connectivity index (χ0v) is 18.0. The summed E-state index contributed by atoms with van der Waals surface area (Å²) in [5.41, 5.74) is 0.568. The van der Waals surface area contributed by atoms with Gasteiger partial charge in [-0.3, -0.25) is 14.9 Å².